The second-order valence-electron chi connectivity index (χ2n) is 6.46. The fourth-order valence-corrected chi connectivity index (χ4v) is 3.11. The summed E-state index contributed by atoms with van der Waals surface area (Å²) in [5.74, 6) is 1.50. The van der Waals surface area contributed by atoms with Crippen LogP contribution in [0.25, 0.3) is 0 Å². The van der Waals surface area contributed by atoms with Crippen LogP contribution in [0.4, 0.5) is 0 Å². The molecule has 0 fully saturated rings. The van der Waals surface area contributed by atoms with Gasteiger partial charge in [-0.3, -0.25) is 4.79 Å². The number of amides is 1. The Hall–Kier alpha value is -3.27. The highest BCUT2D eigenvalue weighted by Gasteiger charge is 2.17. The van der Waals surface area contributed by atoms with Crippen LogP contribution in [0.1, 0.15) is 23.5 Å². The normalized spacial score (nSPS) is 10.5. The SMILES string of the molecule is COc1cccc(OCCNC(=O)CC(c2ccccc2)c2ccccc2)c1. The van der Waals surface area contributed by atoms with Crippen LogP contribution in [0.3, 0.4) is 0 Å². The van der Waals surface area contributed by atoms with Gasteiger partial charge >= 0.3 is 0 Å². The second kappa shape index (κ2) is 10.2. The van der Waals surface area contributed by atoms with E-state index >= 15 is 0 Å². The van der Waals surface area contributed by atoms with Crippen molar-refractivity contribution in [3.63, 3.8) is 0 Å². The van der Waals surface area contributed by atoms with Crippen LogP contribution >= 0.6 is 0 Å². The topological polar surface area (TPSA) is 47.6 Å². The minimum Gasteiger partial charge on any atom is -0.497 e. The molecule has 4 nitrogen and oxygen atoms in total. The third-order valence-corrected chi connectivity index (χ3v) is 4.53. The van der Waals surface area contributed by atoms with E-state index in [0.29, 0.717) is 19.6 Å². The van der Waals surface area contributed by atoms with Crippen LogP contribution in [0.2, 0.25) is 0 Å². The van der Waals surface area contributed by atoms with Gasteiger partial charge in [0.15, 0.2) is 0 Å². The van der Waals surface area contributed by atoms with Crippen molar-refractivity contribution in [3.8, 4) is 11.5 Å². The third kappa shape index (κ3) is 5.61. The summed E-state index contributed by atoms with van der Waals surface area (Å²) in [7, 11) is 1.62. The number of hydrogen-bond donors (Lipinski definition) is 1. The standard InChI is InChI=1S/C24H25NO3/c1-27-21-13-8-14-22(17-21)28-16-15-25-24(26)18-23(19-9-4-2-5-10-19)20-11-6-3-7-12-20/h2-14,17,23H,15-16,18H2,1H3,(H,25,26). The summed E-state index contributed by atoms with van der Waals surface area (Å²) in [6.45, 7) is 0.854. The van der Waals surface area contributed by atoms with Gasteiger partial charge in [-0.15, -0.1) is 0 Å². The summed E-state index contributed by atoms with van der Waals surface area (Å²) in [6.07, 6.45) is 0.396. The average molecular weight is 375 g/mol. The molecule has 3 aromatic carbocycles. The van der Waals surface area contributed by atoms with Crippen LogP contribution in [0, 0.1) is 0 Å². The number of rotatable bonds is 9. The van der Waals surface area contributed by atoms with Gasteiger partial charge in [0.25, 0.3) is 0 Å². The van der Waals surface area contributed by atoms with E-state index in [9.17, 15) is 4.79 Å². The highest BCUT2D eigenvalue weighted by Crippen LogP contribution is 2.27. The van der Waals surface area contributed by atoms with E-state index in [1.165, 1.54) is 0 Å². The van der Waals surface area contributed by atoms with Crippen molar-refractivity contribution < 1.29 is 14.3 Å². The molecule has 0 saturated heterocycles. The van der Waals surface area contributed by atoms with Gasteiger partial charge < -0.3 is 14.8 Å². The van der Waals surface area contributed by atoms with Crippen LogP contribution in [-0.4, -0.2) is 26.2 Å². The second-order valence-corrected chi connectivity index (χ2v) is 6.46. The van der Waals surface area contributed by atoms with E-state index in [1.54, 1.807) is 7.11 Å². The van der Waals surface area contributed by atoms with E-state index in [2.05, 4.69) is 29.6 Å². The highest BCUT2D eigenvalue weighted by atomic mass is 16.5. The van der Waals surface area contributed by atoms with Gasteiger partial charge in [0.1, 0.15) is 18.1 Å². The molecule has 0 bridgehead atoms. The first-order valence-corrected chi connectivity index (χ1v) is 9.39. The molecule has 3 aromatic rings. The summed E-state index contributed by atoms with van der Waals surface area (Å²) in [4.78, 5) is 12.5. The van der Waals surface area contributed by atoms with Gasteiger partial charge in [0, 0.05) is 18.4 Å². The zero-order valence-corrected chi connectivity index (χ0v) is 16.0. The molecule has 28 heavy (non-hydrogen) atoms. The fraction of sp³-hybridized carbons (Fsp3) is 0.208. The number of benzene rings is 3. The van der Waals surface area contributed by atoms with E-state index < -0.39 is 0 Å². The van der Waals surface area contributed by atoms with E-state index in [1.807, 2.05) is 60.7 Å². The molecule has 1 amide bonds. The number of carbonyl (C=O) groups is 1. The summed E-state index contributed by atoms with van der Waals surface area (Å²) in [5, 5.41) is 2.96. The van der Waals surface area contributed by atoms with E-state index in [-0.39, 0.29) is 11.8 Å². The number of carbonyl (C=O) groups excluding carboxylic acids is 1. The van der Waals surface area contributed by atoms with Crippen LogP contribution in [0.5, 0.6) is 11.5 Å². The molecular weight excluding hydrogens is 350 g/mol. The molecule has 0 aliphatic rings. The predicted molar refractivity (Wildman–Crippen MR) is 111 cm³/mol. The first-order chi connectivity index (χ1) is 13.8. The number of methoxy groups -OCH3 is 1. The molecule has 0 spiro atoms. The van der Waals surface area contributed by atoms with Crippen LogP contribution in [-0.2, 0) is 4.79 Å². The highest BCUT2D eigenvalue weighted by molar-refractivity contribution is 5.77. The summed E-state index contributed by atoms with van der Waals surface area (Å²) < 4.78 is 10.9. The summed E-state index contributed by atoms with van der Waals surface area (Å²) >= 11 is 0. The Balaban J connectivity index is 1.54. The minimum absolute atomic E-state index is 0.00643. The Morgan fingerprint density at radius 1 is 0.857 bits per heavy atom. The zero-order chi connectivity index (χ0) is 19.6. The Kier molecular flexibility index (Phi) is 7.08. The smallest absolute Gasteiger partial charge is 0.221 e. The van der Waals surface area contributed by atoms with Crippen molar-refractivity contribution >= 4 is 5.91 Å². The van der Waals surface area contributed by atoms with Gasteiger partial charge in [0.2, 0.25) is 5.91 Å². The quantitative estimate of drug-likeness (QED) is 0.564. The first-order valence-electron chi connectivity index (χ1n) is 9.39. The van der Waals surface area contributed by atoms with E-state index in [0.717, 1.165) is 22.6 Å². The summed E-state index contributed by atoms with van der Waals surface area (Å²) in [5.41, 5.74) is 2.27. The Bertz CT molecular complexity index is 826. The first kappa shape index (κ1) is 19.5. The summed E-state index contributed by atoms with van der Waals surface area (Å²) in [6, 6.07) is 27.7. The molecule has 3 rings (SSSR count). The van der Waals surface area contributed by atoms with Crippen molar-refractivity contribution in [3.05, 3.63) is 96.1 Å². The lowest BCUT2D eigenvalue weighted by Gasteiger charge is -2.18. The van der Waals surface area contributed by atoms with Gasteiger partial charge in [-0.05, 0) is 23.3 Å². The maximum absolute atomic E-state index is 12.5. The van der Waals surface area contributed by atoms with Gasteiger partial charge in [-0.1, -0.05) is 66.7 Å². The van der Waals surface area contributed by atoms with Gasteiger partial charge in [-0.2, -0.15) is 0 Å². The predicted octanol–water partition coefficient (Wildman–Crippen LogP) is 4.41. The minimum atomic E-state index is 0.00643. The van der Waals surface area contributed by atoms with Crippen molar-refractivity contribution in [2.75, 3.05) is 20.3 Å². The molecule has 0 radical (unpaired) electrons. The molecule has 144 valence electrons. The number of nitrogens with one attached hydrogen (secondary N) is 1. The molecular formula is C24H25NO3. The van der Waals surface area contributed by atoms with Crippen molar-refractivity contribution in [1.29, 1.82) is 0 Å². The molecule has 0 aliphatic heterocycles. The lowest BCUT2D eigenvalue weighted by molar-refractivity contribution is -0.121. The third-order valence-electron chi connectivity index (χ3n) is 4.53. The molecule has 0 unspecified atom stereocenters. The maximum Gasteiger partial charge on any atom is 0.221 e. The Morgan fingerprint density at radius 2 is 1.46 bits per heavy atom. The number of ether oxygens (including phenoxy) is 2. The fourth-order valence-electron chi connectivity index (χ4n) is 3.11. The van der Waals surface area contributed by atoms with Crippen molar-refractivity contribution in [2.24, 2.45) is 0 Å². The molecule has 0 aliphatic carbocycles. The molecule has 0 heterocycles. The molecule has 4 heteroatoms. The van der Waals surface area contributed by atoms with Gasteiger partial charge in [0.05, 0.1) is 13.7 Å². The van der Waals surface area contributed by atoms with Crippen molar-refractivity contribution in [1.82, 2.24) is 5.32 Å². The monoisotopic (exact) mass is 375 g/mol. The number of hydrogen-bond acceptors (Lipinski definition) is 3. The Morgan fingerprint density at radius 3 is 2.07 bits per heavy atom. The van der Waals surface area contributed by atoms with Crippen molar-refractivity contribution in [2.45, 2.75) is 12.3 Å². The lowest BCUT2D eigenvalue weighted by Crippen LogP contribution is -2.29. The van der Waals surface area contributed by atoms with Gasteiger partial charge in [-0.25, -0.2) is 0 Å². The molecule has 0 saturated carbocycles. The lowest BCUT2D eigenvalue weighted by atomic mass is 9.88. The largest absolute Gasteiger partial charge is 0.497 e. The Labute approximate surface area is 166 Å². The average Bonchev–Trinajstić information content (AvgIpc) is 2.76. The maximum atomic E-state index is 12.5. The molecule has 0 aromatic heterocycles. The van der Waals surface area contributed by atoms with Crippen LogP contribution in [0.15, 0.2) is 84.9 Å². The van der Waals surface area contributed by atoms with E-state index in [4.69, 9.17) is 9.47 Å². The van der Waals surface area contributed by atoms with Crippen LogP contribution < -0.4 is 14.8 Å². The molecule has 1 N–H and O–H groups in total. The zero-order valence-electron chi connectivity index (χ0n) is 16.0. The molecule has 0 atom stereocenters.